The Morgan fingerprint density at radius 1 is 1.16 bits per heavy atom. The molecule has 0 saturated heterocycles. The summed E-state index contributed by atoms with van der Waals surface area (Å²) in [4.78, 5) is 13.0. The first-order chi connectivity index (χ1) is 12.3. The average Bonchev–Trinajstić information content (AvgIpc) is 2.64. The number of rotatable bonds is 9. The van der Waals surface area contributed by atoms with Crippen LogP contribution >= 0.6 is 0 Å². The van der Waals surface area contributed by atoms with Crippen LogP contribution in [0.5, 0.6) is 5.88 Å². The van der Waals surface area contributed by atoms with Crippen molar-refractivity contribution < 1.29 is 4.74 Å². The number of aromatic nitrogens is 3. The van der Waals surface area contributed by atoms with Gasteiger partial charge in [-0.05, 0) is 57.2 Å². The van der Waals surface area contributed by atoms with Crippen molar-refractivity contribution in [3.63, 3.8) is 0 Å². The fraction of sp³-hybridized carbons (Fsp3) is 0.526. The summed E-state index contributed by atoms with van der Waals surface area (Å²) in [5.41, 5.74) is 2.55. The summed E-state index contributed by atoms with van der Waals surface area (Å²) in [7, 11) is 0. The number of fused-ring (bicyclic) bond motifs is 1. The number of unbranched alkanes of at least 4 members (excludes halogenated alkanes) is 1. The Morgan fingerprint density at radius 3 is 3.04 bits per heavy atom. The summed E-state index contributed by atoms with van der Waals surface area (Å²) in [5.74, 6) is 2.47. The van der Waals surface area contributed by atoms with E-state index in [0.29, 0.717) is 12.5 Å². The second-order valence-corrected chi connectivity index (χ2v) is 6.34. The van der Waals surface area contributed by atoms with Crippen molar-refractivity contribution in [3.8, 4) is 5.88 Å². The first-order valence-electron chi connectivity index (χ1n) is 9.17. The lowest BCUT2D eigenvalue weighted by Crippen LogP contribution is -2.22. The molecule has 0 radical (unpaired) electrons. The molecule has 0 unspecified atom stereocenters. The molecule has 0 aliphatic carbocycles. The molecular formula is C19H27N5O. The molecule has 25 heavy (non-hydrogen) atoms. The van der Waals surface area contributed by atoms with Gasteiger partial charge in [0.05, 0.1) is 0 Å². The highest BCUT2D eigenvalue weighted by Gasteiger charge is 2.09. The Labute approximate surface area is 149 Å². The van der Waals surface area contributed by atoms with Gasteiger partial charge in [0.15, 0.2) is 0 Å². The number of nitrogens with zero attached hydrogens (tertiary/aromatic N) is 3. The molecule has 0 fully saturated rings. The molecule has 6 heteroatoms. The van der Waals surface area contributed by atoms with E-state index in [9.17, 15) is 0 Å². The SMILES string of the molecule is Cc1nccc(OCCNCCCCc2ccc3c(n2)NCCC3)n1. The summed E-state index contributed by atoms with van der Waals surface area (Å²) in [5, 5.41) is 6.80. The van der Waals surface area contributed by atoms with Crippen LogP contribution in [0.2, 0.25) is 0 Å². The van der Waals surface area contributed by atoms with Crippen LogP contribution in [0.3, 0.4) is 0 Å². The zero-order valence-corrected chi connectivity index (χ0v) is 14.9. The summed E-state index contributed by atoms with van der Waals surface area (Å²) in [6, 6.07) is 6.19. The molecule has 0 atom stereocenters. The van der Waals surface area contributed by atoms with Crippen LogP contribution in [0.25, 0.3) is 0 Å². The number of hydrogen-bond donors (Lipinski definition) is 2. The van der Waals surface area contributed by atoms with Crippen LogP contribution < -0.4 is 15.4 Å². The van der Waals surface area contributed by atoms with Crippen LogP contribution in [-0.2, 0) is 12.8 Å². The zero-order chi connectivity index (χ0) is 17.3. The van der Waals surface area contributed by atoms with Gasteiger partial charge in [-0.2, -0.15) is 4.98 Å². The fourth-order valence-corrected chi connectivity index (χ4v) is 2.93. The Morgan fingerprint density at radius 2 is 2.12 bits per heavy atom. The lowest BCUT2D eigenvalue weighted by atomic mass is 10.1. The van der Waals surface area contributed by atoms with E-state index in [1.54, 1.807) is 12.3 Å². The maximum atomic E-state index is 5.58. The Hall–Kier alpha value is -2.21. The van der Waals surface area contributed by atoms with Gasteiger partial charge in [-0.3, -0.25) is 0 Å². The van der Waals surface area contributed by atoms with Crippen molar-refractivity contribution >= 4 is 5.82 Å². The summed E-state index contributed by atoms with van der Waals surface area (Å²) < 4.78 is 5.58. The molecule has 6 nitrogen and oxygen atoms in total. The number of anilines is 1. The van der Waals surface area contributed by atoms with Crippen molar-refractivity contribution in [2.45, 2.75) is 39.0 Å². The molecule has 0 aromatic carbocycles. The molecule has 2 N–H and O–H groups in total. The number of nitrogens with one attached hydrogen (secondary N) is 2. The summed E-state index contributed by atoms with van der Waals surface area (Å²) in [6.45, 7) is 5.34. The molecule has 134 valence electrons. The predicted octanol–water partition coefficient (Wildman–Crippen LogP) is 2.53. The monoisotopic (exact) mass is 341 g/mol. The Balaban J connectivity index is 1.25. The molecule has 0 spiro atoms. The molecule has 2 aromatic rings. The molecule has 2 aromatic heterocycles. The quantitative estimate of drug-likeness (QED) is 0.683. The number of aryl methyl sites for hydroxylation is 3. The molecule has 1 aliphatic rings. The van der Waals surface area contributed by atoms with Gasteiger partial charge < -0.3 is 15.4 Å². The number of ether oxygens (including phenoxy) is 1. The number of hydrogen-bond acceptors (Lipinski definition) is 6. The van der Waals surface area contributed by atoms with Crippen LogP contribution in [0, 0.1) is 6.92 Å². The van der Waals surface area contributed by atoms with Crippen LogP contribution in [0.4, 0.5) is 5.82 Å². The van der Waals surface area contributed by atoms with Gasteiger partial charge in [0, 0.05) is 31.0 Å². The van der Waals surface area contributed by atoms with E-state index < -0.39 is 0 Å². The van der Waals surface area contributed by atoms with Crippen molar-refractivity contribution in [3.05, 3.63) is 41.5 Å². The molecule has 3 rings (SSSR count). The molecule has 3 heterocycles. The van der Waals surface area contributed by atoms with Crippen molar-refractivity contribution in [1.29, 1.82) is 0 Å². The highest BCUT2D eigenvalue weighted by Crippen LogP contribution is 2.20. The van der Waals surface area contributed by atoms with Crippen molar-refractivity contribution in [2.24, 2.45) is 0 Å². The smallest absolute Gasteiger partial charge is 0.216 e. The molecular weight excluding hydrogens is 314 g/mol. The van der Waals surface area contributed by atoms with E-state index in [4.69, 9.17) is 9.72 Å². The summed E-state index contributed by atoms with van der Waals surface area (Å²) >= 11 is 0. The third-order valence-corrected chi connectivity index (χ3v) is 4.27. The van der Waals surface area contributed by atoms with Crippen molar-refractivity contribution in [1.82, 2.24) is 20.3 Å². The first-order valence-corrected chi connectivity index (χ1v) is 9.17. The lowest BCUT2D eigenvalue weighted by molar-refractivity contribution is 0.301. The zero-order valence-electron chi connectivity index (χ0n) is 14.9. The second-order valence-electron chi connectivity index (χ2n) is 6.34. The fourth-order valence-electron chi connectivity index (χ4n) is 2.93. The Bertz CT molecular complexity index is 677. The Kier molecular flexibility index (Phi) is 6.56. The largest absolute Gasteiger partial charge is 0.476 e. The minimum atomic E-state index is 0.620. The van der Waals surface area contributed by atoms with E-state index in [1.807, 2.05) is 6.92 Å². The highest BCUT2D eigenvalue weighted by molar-refractivity contribution is 5.46. The van der Waals surface area contributed by atoms with Gasteiger partial charge in [0.1, 0.15) is 18.2 Å². The minimum Gasteiger partial charge on any atom is -0.476 e. The second kappa shape index (κ2) is 9.32. The maximum Gasteiger partial charge on any atom is 0.216 e. The van der Waals surface area contributed by atoms with Crippen LogP contribution in [0.15, 0.2) is 24.4 Å². The topological polar surface area (TPSA) is 72.0 Å². The van der Waals surface area contributed by atoms with Gasteiger partial charge in [-0.15, -0.1) is 0 Å². The average molecular weight is 341 g/mol. The van der Waals surface area contributed by atoms with Gasteiger partial charge in [-0.25, -0.2) is 9.97 Å². The van der Waals surface area contributed by atoms with Gasteiger partial charge >= 0.3 is 0 Å². The third kappa shape index (κ3) is 5.67. The number of pyridine rings is 1. The van der Waals surface area contributed by atoms with Gasteiger partial charge in [-0.1, -0.05) is 6.07 Å². The third-order valence-electron chi connectivity index (χ3n) is 4.27. The minimum absolute atomic E-state index is 0.620. The van der Waals surface area contributed by atoms with E-state index in [-0.39, 0.29) is 0 Å². The molecule has 0 amide bonds. The van der Waals surface area contributed by atoms with E-state index in [0.717, 1.165) is 57.0 Å². The van der Waals surface area contributed by atoms with Gasteiger partial charge in [0.2, 0.25) is 5.88 Å². The molecule has 0 saturated carbocycles. The van der Waals surface area contributed by atoms with E-state index >= 15 is 0 Å². The lowest BCUT2D eigenvalue weighted by Gasteiger charge is -2.17. The van der Waals surface area contributed by atoms with Crippen LogP contribution in [-0.4, -0.2) is 41.2 Å². The van der Waals surface area contributed by atoms with E-state index in [1.165, 1.54) is 17.7 Å². The molecule has 0 bridgehead atoms. The van der Waals surface area contributed by atoms with Crippen LogP contribution in [0.1, 0.15) is 36.3 Å². The predicted molar refractivity (Wildman–Crippen MR) is 99.1 cm³/mol. The van der Waals surface area contributed by atoms with Crippen molar-refractivity contribution in [2.75, 3.05) is 31.6 Å². The normalized spacial score (nSPS) is 13.2. The summed E-state index contributed by atoms with van der Waals surface area (Å²) in [6.07, 6.45) is 7.39. The maximum absolute atomic E-state index is 5.58. The highest BCUT2D eigenvalue weighted by atomic mass is 16.5. The first kappa shape index (κ1) is 17.6. The van der Waals surface area contributed by atoms with Gasteiger partial charge in [0.25, 0.3) is 0 Å². The standard InChI is InChI=1S/C19H27N5O/c1-15-21-12-9-18(23-15)25-14-13-20-10-3-2-6-17-8-7-16-5-4-11-22-19(16)24-17/h7-9,12,20H,2-6,10-11,13-14H2,1H3,(H,22,24). The molecule has 1 aliphatic heterocycles. The van der Waals surface area contributed by atoms with E-state index in [2.05, 4.69) is 32.7 Å².